The van der Waals surface area contributed by atoms with E-state index in [-0.39, 0.29) is 5.91 Å². The molecule has 7 nitrogen and oxygen atoms in total. The number of rotatable bonds is 3. The zero-order valence-electron chi connectivity index (χ0n) is 10.7. The van der Waals surface area contributed by atoms with Crippen molar-refractivity contribution in [3.63, 3.8) is 0 Å². The summed E-state index contributed by atoms with van der Waals surface area (Å²) in [5.74, 6) is 0.273. The quantitative estimate of drug-likeness (QED) is 0.668. The molecule has 3 rings (SSSR count). The van der Waals surface area contributed by atoms with Crippen LogP contribution in [0.2, 0.25) is 0 Å². The number of carbonyl (C=O) groups excluding carboxylic acids is 1. The lowest BCUT2D eigenvalue weighted by Crippen LogP contribution is -2.17. The highest BCUT2D eigenvalue weighted by Gasteiger charge is 2.07. The second-order valence-electron chi connectivity index (χ2n) is 4.11. The smallest absolute Gasteiger partial charge is 0.267 e. The molecule has 7 heteroatoms. The van der Waals surface area contributed by atoms with Gasteiger partial charge in [0.1, 0.15) is 11.2 Å². The number of carbonyl (C=O) groups is 1. The minimum atomic E-state index is -0.179. The second kappa shape index (κ2) is 4.96. The maximum atomic E-state index is 11.4. The van der Waals surface area contributed by atoms with E-state index in [1.165, 1.54) is 0 Å². The Morgan fingerprint density at radius 1 is 1.30 bits per heavy atom. The average molecular weight is 268 g/mol. The Labute approximate surface area is 114 Å². The van der Waals surface area contributed by atoms with E-state index in [4.69, 9.17) is 0 Å². The largest absolute Gasteiger partial charge is 0.355 e. The van der Waals surface area contributed by atoms with Crippen molar-refractivity contribution >= 4 is 28.6 Å². The van der Waals surface area contributed by atoms with Crippen LogP contribution in [0, 0.1) is 0 Å². The highest BCUT2D eigenvalue weighted by atomic mass is 16.1. The number of nitrogens with one attached hydrogen (secondary N) is 3. The number of anilines is 2. The number of amides is 1. The van der Waals surface area contributed by atoms with Gasteiger partial charge >= 0.3 is 0 Å². The van der Waals surface area contributed by atoms with Crippen molar-refractivity contribution in [3.05, 3.63) is 42.5 Å². The Kier molecular flexibility index (Phi) is 3.00. The van der Waals surface area contributed by atoms with Gasteiger partial charge in [-0.15, -0.1) is 0 Å². The number of aromatic amines is 1. The van der Waals surface area contributed by atoms with Gasteiger partial charge in [-0.25, -0.2) is 9.97 Å². The predicted molar refractivity (Wildman–Crippen MR) is 74.8 cm³/mol. The first-order chi connectivity index (χ1) is 9.76. The maximum Gasteiger partial charge on any atom is 0.267 e. The molecule has 0 saturated carbocycles. The molecule has 0 aromatic carbocycles. The van der Waals surface area contributed by atoms with E-state index in [1.807, 2.05) is 12.1 Å². The molecule has 0 saturated heterocycles. The standard InChI is InChI=1S/C13H12N6O/c1-14-12(20)10-5-8(6-16-10)18-13-17-7-11-9(19-13)3-2-4-15-11/h2-7,16H,1H3,(H,14,20)(H,17,18,19). The number of hydrogen-bond acceptors (Lipinski definition) is 5. The Morgan fingerprint density at radius 3 is 3.05 bits per heavy atom. The zero-order chi connectivity index (χ0) is 13.9. The van der Waals surface area contributed by atoms with Crippen LogP contribution in [0.15, 0.2) is 36.8 Å². The van der Waals surface area contributed by atoms with Gasteiger partial charge in [0.15, 0.2) is 0 Å². The van der Waals surface area contributed by atoms with Gasteiger partial charge in [0.2, 0.25) is 5.95 Å². The molecule has 0 atom stereocenters. The van der Waals surface area contributed by atoms with E-state index in [9.17, 15) is 4.79 Å². The predicted octanol–water partition coefficient (Wildman–Crippen LogP) is 1.46. The fourth-order valence-electron chi connectivity index (χ4n) is 1.79. The lowest BCUT2D eigenvalue weighted by molar-refractivity contribution is 0.0959. The molecule has 0 spiro atoms. The zero-order valence-corrected chi connectivity index (χ0v) is 10.7. The van der Waals surface area contributed by atoms with E-state index in [0.29, 0.717) is 17.3 Å². The number of fused-ring (bicyclic) bond motifs is 1. The first-order valence-electron chi connectivity index (χ1n) is 6.01. The number of H-pyrrole nitrogens is 1. The van der Waals surface area contributed by atoms with Crippen LogP contribution in [0.4, 0.5) is 11.6 Å². The van der Waals surface area contributed by atoms with Crippen LogP contribution in [0.3, 0.4) is 0 Å². The van der Waals surface area contributed by atoms with Gasteiger partial charge in [-0.05, 0) is 18.2 Å². The molecule has 3 aromatic rings. The maximum absolute atomic E-state index is 11.4. The molecule has 0 bridgehead atoms. The third kappa shape index (κ3) is 2.28. The number of nitrogens with zero attached hydrogens (tertiary/aromatic N) is 3. The first-order valence-corrected chi connectivity index (χ1v) is 6.01. The van der Waals surface area contributed by atoms with Gasteiger partial charge in [-0.1, -0.05) is 0 Å². The van der Waals surface area contributed by atoms with Crippen molar-refractivity contribution in [3.8, 4) is 0 Å². The third-order valence-electron chi connectivity index (χ3n) is 2.76. The van der Waals surface area contributed by atoms with E-state index < -0.39 is 0 Å². The van der Waals surface area contributed by atoms with Gasteiger partial charge in [0.25, 0.3) is 5.91 Å². The molecule has 0 fully saturated rings. The molecule has 20 heavy (non-hydrogen) atoms. The Morgan fingerprint density at radius 2 is 2.20 bits per heavy atom. The van der Waals surface area contributed by atoms with Crippen molar-refractivity contribution in [1.82, 2.24) is 25.3 Å². The molecule has 0 aliphatic heterocycles. The Hall–Kier alpha value is -2.96. The van der Waals surface area contributed by atoms with Crippen molar-refractivity contribution in [2.45, 2.75) is 0 Å². The fraction of sp³-hybridized carbons (Fsp3) is 0.0769. The van der Waals surface area contributed by atoms with Crippen molar-refractivity contribution in [2.24, 2.45) is 0 Å². The number of aromatic nitrogens is 4. The highest BCUT2D eigenvalue weighted by Crippen LogP contribution is 2.16. The lowest BCUT2D eigenvalue weighted by atomic mass is 10.4. The summed E-state index contributed by atoms with van der Waals surface area (Å²) in [7, 11) is 1.58. The minimum absolute atomic E-state index is 0.179. The monoisotopic (exact) mass is 268 g/mol. The molecule has 0 unspecified atom stereocenters. The van der Waals surface area contributed by atoms with E-state index in [0.717, 1.165) is 11.0 Å². The Bertz CT molecular complexity index is 766. The summed E-state index contributed by atoms with van der Waals surface area (Å²) in [6.07, 6.45) is 5.03. The summed E-state index contributed by atoms with van der Waals surface area (Å²) < 4.78 is 0. The Balaban J connectivity index is 1.85. The van der Waals surface area contributed by atoms with E-state index >= 15 is 0 Å². The topological polar surface area (TPSA) is 95.6 Å². The van der Waals surface area contributed by atoms with Crippen molar-refractivity contribution in [1.29, 1.82) is 0 Å². The third-order valence-corrected chi connectivity index (χ3v) is 2.76. The van der Waals surface area contributed by atoms with Gasteiger partial charge in [-0.2, -0.15) is 0 Å². The van der Waals surface area contributed by atoms with Crippen LogP contribution in [0.1, 0.15) is 10.5 Å². The molecular formula is C13H12N6O. The SMILES string of the molecule is CNC(=O)c1cc(Nc2ncc3ncccc3n2)c[nH]1. The summed E-state index contributed by atoms with van der Waals surface area (Å²) in [6.45, 7) is 0. The molecule has 3 heterocycles. The summed E-state index contributed by atoms with van der Waals surface area (Å²) in [5.41, 5.74) is 2.68. The highest BCUT2D eigenvalue weighted by molar-refractivity contribution is 5.93. The van der Waals surface area contributed by atoms with Crippen LogP contribution < -0.4 is 10.6 Å². The molecule has 0 aliphatic carbocycles. The molecule has 100 valence electrons. The summed E-state index contributed by atoms with van der Waals surface area (Å²) in [6, 6.07) is 5.37. The molecular weight excluding hydrogens is 256 g/mol. The second-order valence-corrected chi connectivity index (χ2v) is 4.11. The number of hydrogen-bond donors (Lipinski definition) is 3. The average Bonchev–Trinajstić information content (AvgIpc) is 2.95. The molecule has 3 N–H and O–H groups in total. The van der Waals surface area contributed by atoms with Gasteiger partial charge < -0.3 is 15.6 Å². The van der Waals surface area contributed by atoms with Crippen LogP contribution in [-0.2, 0) is 0 Å². The van der Waals surface area contributed by atoms with E-state index in [1.54, 1.807) is 31.7 Å². The normalized spacial score (nSPS) is 10.4. The molecule has 1 amide bonds. The van der Waals surface area contributed by atoms with Crippen molar-refractivity contribution in [2.75, 3.05) is 12.4 Å². The van der Waals surface area contributed by atoms with Crippen LogP contribution >= 0.6 is 0 Å². The molecule has 3 aromatic heterocycles. The van der Waals surface area contributed by atoms with Gasteiger partial charge in [-0.3, -0.25) is 9.78 Å². The first kappa shape index (κ1) is 12.1. The molecule has 0 radical (unpaired) electrons. The van der Waals surface area contributed by atoms with Crippen LogP contribution in [0.25, 0.3) is 11.0 Å². The minimum Gasteiger partial charge on any atom is -0.355 e. The summed E-state index contributed by atoms with van der Waals surface area (Å²) >= 11 is 0. The van der Waals surface area contributed by atoms with Gasteiger partial charge in [0.05, 0.1) is 17.4 Å². The van der Waals surface area contributed by atoms with Crippen LogP contribution in [-0.4, -0.2) is 32.9 Å². The fourth-order valence-corrected chi connectivity index (χ4v) is 1.79. The van der Waals surface area contributed by atoms with Crippen molar-refractivity contribution < 1.29 is 4.79 Å². The summed E-state index contributed by atoms with van der Waals surface area (Å²) in [4.78, 5) is 27.0. The number of pyridine rings is 1. The van der Waals surface area contributed by atoms with E-state index in [2.05, 4.69) is 30.6 Å². The molecule has 0 aliphatic rings. The van der Waals surface area contributed by atoms with Gasteiger partial charge in [0, 0.05) is 19.4 Å². The van der Waals surface area contributed by atoms with Crippen LogP contribution in [0.5, 0.6) is 0 Å². The lowest BCUT2D eigenvalue weighted by Gasteiger charge is -2.02. The summed E-state index contributed by atoms with van der Waals surface area (Å²) in [5, 5.41) is 5.58.